The van der Waals surface area contributed by atoms with Crippen LogP contribution in [0.25, 0.3) is 5.82 Å². The molecule has 2 heterocycles. The Bertz CT molecular complexity index is 474. The van der Waals surface area contributed by atoms with Crippen molar-refractivity contribution in [2.75, 3.05) is 7.11 Å². The second-order valence-corrected chi connectivity index (χ2v) is 2.54. The van der Waals surface area contributed by atoms with Crippen molar-refractivity contribution in [3.05, 3.63) is 35.1 Å². The summed E-state index contributed by atoms with van der Waals surface area (Å²) < 4.78 is 6.40. The molecule has 0 saturated carbocycles. The molecule has 2 aromatic rings. The van der Waals surface area contributed by atoms with E-state index in [0.29, 0.717) is 5.82 Å². The van der Waals surface area contributed by atoms with Crippen LogP contribution < -0.4 is 10.3 Å². The molecule has 0 unspecified atom stereocenters. The number of ether oxygens (including phenoxy) is 1. The monoisotopic (exact) mass is 192 g/mol. The maximum Gasteiger partial charge on any atom is 0.295 e. The highest BCUT2D eigenvalue weighted by Crippen LogP contribution is 2.11. The lowest BCUT2D eigenvalue weighted by Crippen LogP contribution is -2.14. The smallest absolute Gasteiger partial charge is 0.295 e. The Hall–Kier alpha value is -2.11. The van der Waals surface area contributed by atoms with Crippen LogP contribution in [0.2, 0.25) is 0 Å². The molecule has 0 aliphatic carbocycles. The number of methoxy groups -OCH3 is 1. The van der Waals surface area contributed by atoms with Gasteiger partial charge < -0.3 is 9.72 Å². The fraction of sp³-hybridized carbons (Fsp3) is 0.125. The average molecular weight is 192 g/mol. The number of H-pyrrole nitrogens is 1. The number of hydrogen-bond donors (Lipinski definition) is 1. The summed E-state index contributed by atoms with van der Waals surface area (Å²) in [6.07, 6.45) is 4.59. The number of hydrogen-bond acceptors (Lipinski definition) is 4. The van der Waals surface area contributed by atoms with Gasteiger partial charge in [0.2, 0.25) is 11.6 Å². The SMILES string of the molecule is COc1c(-n2cccn2)nc[nH]c1=O. The van der Waals surface area contributed by atoms with Crippen LogP contribution in [0.15, 0.2) is 29.6 Å². The van der Waals surface area contributed by atoms with Crippen LogP contribution in [0, 0.1) is 0 Å². The van der Waals surface area contributed by atoms with E-state index in [1.54, 1.807) is 18.5 Å². The quantitative estimate of drug-likeness (QED) is 0.724. The van der Waals surface area contributed by atoms with Crippen LogP contribution in [0.3, 0.4) is 0 Å². The van der Waals surface area contributed by atoms with Crippen LogP contribution in [-0.2, 0) is 0 Å². The highest BCUT2D eigenvalue weighted by Gasteiger charge is 2.10. The molecular formula is C8H8N4O2. The van der Waals surface area contributed by atoms with Gasteiger partial charge in [0, 0.05) is 12.4 Å². The molecule has 0 atom stereocenters. The van der Waals surface area contributed by atoms with E-state index in [1.807, 2.05) is 0 Å². The number of aromatic amines is 1. The third-order valence-electron chi connectivity index (χ3n) is 1.72. The third kappa shape index (κ3) is 1.26. The Labute approximate surface area is 79.2 Å². The van der Waals surface area contributed by atoms with Crippen molar-refractivity contribution in [2.45, 2.75) is 0 Å². The first kappa shape index (κ1) is 8.49. The molecule has 0 radical (unpaired) electrons. The van der Waals surface area contributed by atoms with Gasteiger partial charge in [0.05, 0.1) is 13.4 Å². The Balaban J connectivity index is 2.64. The van der Waals surface area contributed by atoms with Crippen molar-refractivity contribution in [2.24, 2.45) is 0 Å². The molecule has 2 rings (SSSR count). The molecule has 0 bridgehead atoms. The van der Waals surface area contributed by atoms with Crippen molar-refractivity contribution in [1.82, 2.24) is 19.7 Å². The van der Waals surface area contributed by atoms with Crippen LogP contribution in [0.5, 0.6) is 5.75 Å². The average Bonchev–Trinajstić information content (AvgIpc) is 2.70. The van der Waals surface area contributed by atoms with Gasteiger partial charge >= 0.3 is 0 Å². The predicted octanol–water partition coefficient (Wildman–Crippen LogP) is -0.0358. The molecule has 0 aliphatic heterocycles. The Morgan fingerprint density at radius 3 is 3.07 bits per heavy atom. The summed E-state index contributed by atoms with van der Waals surface area (Å²) in [6, 6.07) is 1.74. The predicted molar refractivity (Wildman–Crippen MR) is 48.5 cm³/mol. The summed E-state index contributed by atoms with van der Waals surface area (Å²) in [5, 5.41) is 3.96. The van der Waals surface area contributed by atoms with Gasteiger partial charge in [-0.15, -0.1) is 0 Å². The summed E-state index contributed by atoms with van der Waals surface area (Å²) in [5.41, 5.74) is -0.326. The van der Waals surface area contributed by atoms with Gasteiger partial charge in [-0.25, -0.2) is 9.67 Å². The molecule has 0 saturated heterocycles. The Morgan fingerprint density at radius 2 is 2.43 bits per heavy atom. The summed E-state index contributed by atoms with van der Waals surface area (Å²) in [4.78, 5) is 17.7. The van der Waals surface area contributed by atoms with Crippen molar-refractivity contribution in [1.29, 1.82) is 0 Å². The van der Waals surface area contributed by atoms with E-state index in [4.69, 9.17) is 4.74 Å². The van der Waals surface area contributed by atoms with Crippen LogP contribution in [0.1, 0.15) is 0 Å². The molecule has 0 fully saturated rings. The summed E-state index contributed by atoms with van der Waals surface area (Å²) >= 11 is 0. The van der Waals surface area contributed by atoms with E-state index in [0.717, 1.165) is 0 Å². The second-order valence-electron chi connectivity index (χ2n) is 2.54. The molecule has 6 heteroatoms. The van der Waals surface area contributed by atoms with E-state index in [9.17, 15) is 4.79 Å². The van der Waals surface area contributed by atoms with Crippen molar-refractivity contribution in [3.63, 3.8) is 0 Å². The van der Waals surface area contributed by atoms with Gasteiger partial charge in [-0.3, -0.25) is 4.79 Å². The minimum absolute atomic E-state index is 0.149. The zero-order valence-electron chi connectivity index (χ0n) is 7.47. The normalized spacial score (nSPS) is 10.1. The molecule has 0 aromatic carbocycles. The summed E-state index contributed by atoms with van der Waals surface area (Å²) in [5.74, 6) is 0.525. The zero-order chi connectivity index (χ0) is 9.97. The van der Waals surface area contributed by atoms with Gasteiger partial charge in [-0.05, 0) is 6.07 Å². The number of rotatable bonds is 2. The Kier molecular flexibility index (Phi) is 2.02. The van der Waals surface area contributed by atoms with Gasteiger partial charge in [-0.2, -0.15) is 5.10 Å². The maximum absolute atomic E-state index is 11.3. The van der Waals surface area contributed by atoms with Gasteiger partial charge in [0.1, 0.15) is 0 Å². The number of aromatic nitrogens is 4. The molecule has 14 heavy (non-hydrogen) atoms. The van der Waals surface area contributed by atoms with E-state index >= 15 is 0 Å². The minimum Gasteiger partial charge on any atom is -0.488 e. The van der Waals surface area contributed by atoms with Crippen molar-refractivity contribution < 1.29 is 4.74 Å². The first-order valence-electron chi connectivity index (χ1n) is 3.94. The van der Waals surface area contributed by atoms with Gasteiger partial charge in [0.25, 0.3) is 5.56 Å². The molecule has 0 spiro atoms. The lowest BCUT2D eigenvalue weighted by molar-refractivity contribution is 0.402. The zero-order valence-corrected chi connectivity index (χ0v) is 7.47. The summed E-state index contributed by atoms with van der Waals surface area (Å²) in [6.45, 7) is 0. The van der Waals surface area contributed by atoms with Crippen molar-refractivity contribution in [3.8, 4) is 11.6 Å². The fourth-order valence-corrected chi connectivity index (χ4v) is 1.12. The third-order valence-corrected chi connectivity index (χ3v) is 1.72. The molecule has 6 nitrogen and oxygen atoms in total. The van der Waals surface area contributed by atoms with Gasteiger partial charge in [0.15, 0.2) is 0 Å². The maximum atomic E-state index is 11.3. The molecule has 1 N–H and O–H groups in total. The number of nitrogens with one attached hydrogen (secondary N) is 1. The minimum atomic E-state index is -0.326. The van der Waals surface area contributed by atoms with Crippen LogP contribution >= 0.6 is 0 Å². The standard InChI is InChI=1S/C8H8N4O2/c1-14-6-7(9-5-10-8(6)13)12-4-2-3-11-12/h2-5H,1H3,(H,9,10,13). The van der Waals surface area contributed by atoms with E-state index in [-0.39, 0.29) is 11.3 Å². The molecule has 0 aliphatic rings. The van der Waals surface area contributed by atoms with Gasteiger partial charge in [-0.1, -0.05) is 0 Å². The largest absolute Gasteiger partial charge is 0.488 e. The Morgan fingerprint density at radius 1 is 1.57 bits per heavy atom. The second kappa shape index (κ2) is 3.33. The molecule has 0 amide bonds. The van der Waals surface area contributed by atoms with Crippen LogP contribution in [0.4, 0.5) is 0 Å². The van der Waals surface area contributed by atoms with E-state index in [2.05, 4.69) is 15.1 Å². The highest BCUT2D eigenvalue weighted by molar-refractivity contribution is 5.36. The topological polar surface area (TPSA) is 72.8 Å². The summed E-state index contributed by atoms with van der Waals surface area (Å²) in [7, 11) is 1.42. The number of nitrogens with zero attached hydrogens (tertiary/aromatic N) is 3. The lowest BCUT2D eigenvalue weighted by Gasteiger charge is -2.04. The molecule has 2 aromatic heterocycles. The fourth-order valence-electron chi connectivity index (χ4n) is 1.12. The lowest BCUT2D eigenvalue weighted by atomic mass is 10.5. The van der Waals surface area contributed by atoms with Crippen LogP contribution in [-0.4, -0.2) is 26.9 Å². The van der Waals surface area contributed by atoms with E-state index in [1.165, 1.54) is 18.1 Å². The van der Waals surface area contributed by atoms with Crippen molar-refractivity contribution >= 4 is 0 Å². The first-order chi connectivity index (χ1) is 6.83. The van der Waals surface area contributed by atoms with E-state index < -0.39 is 0 Å². The molecule has 72 valence electrons. The molecular weight excluding hydrogens is 184 g/mol. The highest BCUT2D eigenvalue weighted by atomic mass is 16.5. The first-order valence-corrected chi connectivity index (χ1v) is 3.94.